The highest BCUT2D eigenvalue weighted by atomic mass is 16.5. The number of carboxylic acids is 1. The van der Waals surface area contributed by atoms with E-state index in [1.807, 2.05) is 18.2 Å². The fourth-order valence-corrected chi connectivity index (χ4v) is 1.99. The first kappa shape index (κ1) is 13.1. The van der Waals surface area contributed by atoms with E-state index in [4.69, 9.17) is 4.74 Å². The molecule has 0 aromatic heterocycles. The summed E-state index contributed by atoms with van der Waals surface area (Å²) in [6.45, 7) is 2.10. The van der Waals surface area contributed by atoms with Crippen LogP contribution in [0.5, 0.6) is 5.75 Å². The van der Waals surface area contributed by atoms with Crippen molar-refractivity contribution in [1.29, 1.82) is 0 Å². The maximum Gasteiger partial charge on any atom is 0.339 e. The molecule has 0 spiro atoms. The molecule has 3 nitrogen and oxygen atoms in total. The molecule has 0 aliphatic rings. The Bertz CT molecular complexity index is 585. The van der Waals surface area contributed by atoms with Crippen LogP contribution < -0.4 is 4.74 Å². The van der Waals surface area contributed by atoms with Gasteiger partial charge in [-0.05, 0) is 35.2 Å². The molecule has 2 rings (SSSR count). The van der Waals surface area contributed by atoms with Gasteiger partial charge in [0.25, 0.3) is 0 Å². The minimum absolute atomic E-state index is 0.180. The third-order valence-electron chi connectivity index (χ3n) is 3.13. The summed E-state index contributed by atoms with van der Waals surface area (Å²) in [5, 5.41) is 9.17. The summed E-state index contributed by atoms with van der Waals surface area (Å²) in [6, 6.07) is 13.3. The maximum absolute atomic E-state index is 11.2. The molecule has 0 heterocycles. The van der Waals surface area contributed by atoms with Crippen molar-refractivity contribution >= 4 is 5.97 Å². The van der Waals surface area contributed by atoms with Gasteiger partial charge in [0.15, 0.2) is 0 Å². The summed E-state index contributed by atoms with van der Waals surface area (Å²) in [7, 11) is 1.47. The van der Waals surface area contributed by atoms with Crippen LogP contribution in [0.2, 0.25) is 0 Å². The molecule has 0 saturated carbocycles. The summed E-state index contributed by atoms with van der Waals surface area (Å²) in [5.74, 6) is -0.606. The number of carboxylic acid groups (broad SMARTS) is 1. The first-order valence-corrected chi connectivity index (χ1v) is 6.16. The first-order chi connectivity index (χ1) is 9.15. The van der Waals surface area contributed by atoms with Crippen molar-refractivity contribution in [3.63, 3.8) is 0 Å². The van der Waals surface area contributed by atoms with Gasteiger partial charge < -0.3 is 9.84 Å². The molecule has 0 atom stereocenters. The Morgan fingerprint density at radius 2 is 1.74 bits per heavy atom. The minimum Gasteiger partial charge on any atom is -0.496 e. The minimum atomic E-state index is -0.983. The Morgan fingerprint density at radius 3 is 2.26 bits per heavy atom. The monoisotopic (exact) mass is 256 g/mol. The van der Waals surface area contributed by atoms with E-state index in [2.05, 4.69) is 19.1 Å². The lowest BCUT2D eigenvalue weighted by Crippen LogP contribution is -2.00. The van der Waals surface area contributed by atoms with E-state index in [0.717, 1.165) is 17.5 Å². The second-order valence-corrected chi connectivity index (χ2v) is 4.27. The molecule has 0 saturated heterocycles. The van der Waals surface area contributed by atoms with Crippen molar-refractivity contribution in [2.45, 2.75) is 13.3 Å². The number of aryl methyl sites for hydroxylation is 1. The van der Waals surface area contributed by atoms with Crippen molar-refractivity contribution in [1.82, 2.24) is 0 Å². The lowest BCUT2D eigenvalue weighted by atomic mass is 10.0. The van der Waals surface area contributed by atoms with E-state index in [9.17, 15) is 9.90 Å². The smallest absolute Gasteiger partial charge is 0.339 e. The molecule has 2 aromatic carbocycles. The van der Waals surface area contributed by atoms with Gasteiger partial charge in [-0.2, -0.15) is 0 Å². The molecule has 0 unspecified atom stereocenters. The van der Waals surface area contributed by atoms with E-state index in [1.54, 1.807) is 12.1 Å². The van der Waals surface area contributed by atoms with Gasteiger partial charge in [0, 0.05) is 0 Å². The highest BCUT2D eigenvalue weighted by Crippen LogP contribution is 2.27. The number of methoxy groups -OCH3 is 1. The summed E-state index contributed by atoms with van der Waals surface area (Å²) in [6.07, 6.45) is 0.989. The van der Waals surface area contributed by atoms with Crippen LogP contribution in [0.15, 0.2) is 42.5 Å². The molecule has 1 N–H and O–H groups in total. The predicted octanol–water partition coefficient (Wildman–Crippen LogP) is 3.62. The van der Waals surface area contributed by atoms with E-state index in [1.165, 1.54) is 12.7 Å². The van der Waals surface area contributed by atoms with Gasteiger partial charge in [0.05, 0.1) is 7.11 Å². The number of aromatic carboxylic acids is 1. The van der Waals surface area contributed by atoms with E-state index < -0.39 is 5.97 Å². The Labute approximate surface area is 112 Å². The summed E-state index contributed by atoms with van der Waals surface area (Å²) >= 11 is 0. The molecule has 0 fully saturated rings. The van der Waals surface area contributed by atoms with Crippen LogP contribution >= 0.6 is 0 Å². The number of rotatable bonds is 4. The Hall–Kier alpha value is -2.29. The molecule has 0 aliphatic heterocycles. The second kappa shape index (κ2) is 5.57. The van der Waals surface area contributed by atoms with E-state index in [0.29, 0.717) is 5.75 Å². The Kier molecular flexibility index (Phi) is 3.85. The largest absolute Gasteiger partial charge is 0.496 e. The number of hydrogen-bond acceptors (Lipinski definition) is 2. The van der Waals surface area contributed by atoms with E-state index in [-0.39, 0.29) is 5.56 Å². The fraction of sp³-hybridized carbons (Fsp3) is 0.188. The van der Waals surface area contributed by atoms with Crippen molar-refractivity contribution in [2.75, 3.05) is 7.11 Å². The average Bonchev–Trinajstić information content (AvgIpc) is 2.46. The lowest BCUT2D eigenvalue weighted by molar-refractivity contribution is 0.0693. The number of benzene rings is 2. The maximum atomic E-state index is 11.2. The van der Waals surface area contributed by atoms with Crippen molar-refractivity contribution in [3.8, 4) is 16.9 Å². The van der Waals surface area contributed by atoms with Crippen LogP contribution in [-0.2, 0) is 6.42 Å². The highest BCUT2D eigenvalue weighted by molar-refractivity contribution is 5.92. The molecule has 19 heavy (non-hydrogen) atoms. The van der Waals surface area contributed by atoms with Gasteiger partial charge in [0.2, 0.25) is 0 Å². The van der Waals surface area contributed by atoms with Gasteiger partial charge in [-0.3, -0.25) is 0 Å². The van der Waals surface area contributed by atoms with Gasteiger partial charge in [-0.15, -0.1) is 0 Å². The second-order valence-electron chi connectivity index (χ2n) is 4.27. The van der Waals surface area contributed by atoms with Gasteiger partial charge in [0.1, 0.15) is 11.3 Å². The first-order valence-electron chi connectivity index (χ1n) is 6.16. The Morgan fingerprint density at radius 1 is 1.11 bits per heavy atom. The van der Waals surface area contributed by atoms with Crippen LogP contribution in [0.1, 0.15) is 22.8 Å². The predicted molar refractivity (Wildman–Crippen MR) is 74.8 cm³/mol. The zero-order valence-electron chi connectivity index (χ0n) is 11.0. The standard InChI is InChI=1S/C16H16O3/c1-3-11-4-6-12(7-5-11)13-8-9-15(19-2)14(10-13)16(17)18/h4-10H,3H2,1-2H3,(H,17,18). The molecular formula is C16H16O3. The van der Waals surface area contributed by atoms with Crippen LogP contribution in [0.25, 0.3) is 11.1 Å². The normalized spacial score (nSPS) is 10.2. The van der Waals surface area contributed by atoms with E-state index >= 15 is 0 Å². The summed E-state index contributed by atoms with van der Waals surface area (Å²) < 4.78 is 5.05. The quantitative estimate of drug-likeness (QED) is 0.908. The number of carbonyl (C=O) groups is 1. The van der Waals surface area contributed by atoms with Gasteiger partial charge in [-0.1, -0.05) is 37.3 Å². The third kappa shape index (κ3) is 2.76. The summed E-state index contributed by atoms with van der Waals surface area (Å²) in [4.78, 5) is 11.2. The highest BCUT2D eigenvalue weighted by Gasteiger charge is 2.12. The van der Waals surface area contributed by atoms with Gasteiger partial charge >= 0.3 is 5.97 Å². The molecule has 0 radical (unpaired) electrons. The van der Waals surface area contributed by atoms with Crippen LogP contribution in [-0.4, -0.2) is 18.2 Å². The molecule has 0 aliphatic carbocycles. The number of hydrogen-bond donors (Lipinski definition) is 1. The number of ether oxygens (including phenoxy) is 1. The summed E-state index contributed by atoms with van der Waals surface area (Å²) in [5.41, 5.74) is 3.32. The van der Waals surface area contributed by atoms with Crippen LogP contribution in [0, 0.1) is 0 Å². The zero-order chi connectivity index (χ0) is 13.8. The van der Waals surface area contributed by atoms with Gasteiger partial charge in [-0.25, -0.2) is 4.79 Å². The third-order valence-corrected chi connectivity index (χ3v) is 3.13. The topological polar surface area (TPSA) is 46.5 Å². The molecule has 98 valence electrons. The molecule has 3 heteroatoms. The molecular weight excluding hydrogens is 240 g/mol. The molecule has 2 aromatic rings. The Balaban J connectivity index is 2.44. The van der Waals surface area contributed by atoms with Crippen molar-refractivity contribution < 1.29 is 14.6 Å². The van der Waals surface area contributed by atoms with Crippen molar-refractivity contribution in [3.05, 3.63) is 53.6 Å². The molecule has 0 bridgehead atoms. The lowest BCUT2D eigenvalue weighted by Gasteiger charge is -2.08. The SMILES string of the molecule is CCc1ccc(-c2ccc(OC)c(C(=O)O)c2)cc1. The molecule has 0 amide bonds. The van der Waals surface area contributed by atoms with Crippen molar-refractivity contribution in [2.24, 2.45) is 0 Å². The average molecular weight is 256 g/mol. The van der Waals surface area contributed by atoms with Crippen LogP contribution in [0.3, 0.4) is 0 Å². The zero-order valence-corrected chi connectivity index (χ0v) is 11.0. The van der Waals surface area contributed by atoms with Crippen LogP contribution in [0.4, 0.5) is 0 Å². The fourth-order valence-electron chi connectivity index (χ4n) is 1.99.